The zero-order valence-corrected chi connectivity index (χ0v) is 20.2. The van der Waals surface area contributed by atoms with E-state index in [1.807, 2.05) is 11.0 Å². The van der Waals surface area contributed by atoms with Crippen molar-refractivity contribution in [1.82, 2.24) is 15.5 Å². The number of aliphatic imine (C=N–C) groups is 1. The second-order valence-electron chi connectivity index (χ2n) is 6.93. The topological polar surface area (TPSA) is 60.0 Å². The predicted molar refractivity (Wildman–Crippen MR) is 133 cm³/mol. The van der Waals surface area contributed by atoms with Crippen molar-refractivity contribution in [2.75, 3.05) is 51.2 Å². The van der Waals surface area contributed by atoms with Crippen molar-refractivity contribution in [1.29, 1.82) is 0 Å². The second kappa shape index (κ2) is 12.0. The monoisotopic (exact) mass is 527 g/mol. The molecule has 158 valence electrons. The maximum atomic E-state index is 12.6. The van der Waals surface area contributed by atoms with Crippen molar-refractivity contribution in [2.45, 2.75) is 12.8 Å². The Balaban J connectivity index is 0.00000300. The van der Waals surface area contributed by atoms with Crippen LogP contribution in [-0.4, -0.2) is 63.1 Å². The molecule has 0 bridgehead atoms. The smallest absolute Gasteiger partial charge is 0.242 e. The summed E-state index contributed by atoms with van der Waals surface area (Å²) < 4.78 is 0. The van der Waals surface area contributed by atoms with Crippen molar-refractivity contribution >= 4 is 52.9 Å². The summed E-state index contributed by atoms with van der Waals surface area (Å²) >= 11 is 1.76. The van der Waals surface area contributed by atoms with Gasteiger partial charge in [-0.2, -0.15) is 0 Å². The van der Waals surface area contributed by atoms with Gasteiger partial charge in [0.2, 0.25) is 5.91 Å². The molecule has 2 N–H and O–H groups in total. The van der Waals surface area contributed by atoms with Gasteiger partial charge in [0.1, 0.15) is 0 Å². The second-order valence-corrected chi connectivity index (χ2v) is 7.91. The third-order valence-electron chi connectivity index (χ3n) is 4.99. The fourth-order valence-corrected chi connectivity index (χ4v) is 4.05. The number of piperazine rings is 1. The molecule has 0 radical (unpaired) electrons. The SMILES string of the molecule is CN=C(NCC(=O)N1CCN(c2ccccc2)CC1)NCC(C)c1cccs1.I. The molecule has 0 saturated carbocycles. The maximum Gasteiger partial charge on any atom is 0.242 e. The normalized spacial score (nSPS) is 15.4. The number of carbonyl (C=O) groups is 1. The van der Waals surface area contributed by atoms with Crippen molar-refractivity contribution in [3.8, 4) is 0 Å². The Labute approximate surface area is 194 Å². The molecule has 8 heteroatoms. The highest BCUT2D eigenvalue weighted by Crippen LogP contribution is 2.19. The van der Waals surface area contributed by atoms with Crippen molar-refractivity contribution in [3.05, 3.63) is 52.7 Å². The first-order chi connectivity index (χ1) is 13.7. The van der Waals surface area contributed by atoms with Gasteiger partial charge in [-0.15, -0.1) is 35.3 Å². The maximum absolute atomic E-state index is 12.6. The van der Waals surface area contributed by atoms with Gasteiger partial charge in [-0.3, -0.25) is 9.79 Å². The van der Waals surface area contributed by atoms with Gasteiger partial charge in [0.05, 0.1) is 6.54 Å². The summed E-state index contributed by atoms with van der Waals surface area (Å²) in [5.41, 5.74) is 1.22. The molecule has 29 heavy (non-hydrogen) atoms. The number of guanidine groups is 1. The molecule has 3 rings (SSSR count). The molecular weight excluding hydrogens is 497 g/mol. The summed E-state index contributed by atoms with van der Waals surface area (Å²) in [4.78, 5) is 22.4. The Morgan fingerprint density at radius 1 is 1.10 bits per heavy atom. The van der Waals surface area contributed by atoms with E-state index in [-0.39, 0.29) is 36.4 Å². The lowest BCUT2D eigenvalue weighted by Crippen LogP contribution is -2.52. The standard InChI is InChI=1S/C21H29N5OS.HI/c1-17(19-9-6-14-28-19)15-23-21(22-2)24-16-20(27)26-12-10-25(11-13-26)18-7-4-3-5-8-18;/h3-9,14,17H,10-13,15-16H2,1-2H3,(H2,22,23,24);1H. The van der Waals surface area contributed by atoms with Crippen molar-refractivity contribution in [2.24, 2.45) is 4.99 Å². The molecule has 0 aliphatic carbocycles. The average Bonchev–Trinajstić information content (AvgIpc) is 3.29. The molecule has 1 aromatic carbocycles. The third kappa shape index (κ3) is 6.88. The van der Waals surface area contributed by atoms with Gasteiger partial charge in [-0.25, -0.2) is 0 Å². The number of nitrogens with one attached hydrogen (secondary N) is 2. The lowest BCUT2D eigenvalue weighted by atomic mass is 10.1. The number of para-hydroxylation sites is 1. The molecule has 1 unspecified atom stereocenters. The number of nitrogens with zero attached hydrogens (tertiary/aromatic N) is 3. The van der Waals surface area contributed by atoms with E-state index >= 15 is 0 Å². The molecule has 1 saturated heterocycles. The number of rotatable bonds is 6. The zero-order valence-electron chi connectivity index (χ0n) is 17.0. The summed E-state index contributed by atoms with van der Waals surface area (Å²) in [6.07, 6.45) is 0. The molecule has 1 fully saturated rings. The number of benzene rings is 1. The van der Waals surface area contributed by atoms with Crippen LogP contribution in [0.3, 0.4) is 0 Å². The minimum absolute atomic E-state index is 0. The number of thiophene rings is 1. The number of hydrogen-bond acceptors (Lipinski definition) is 4. The Morgan fingerprint density at radius 2 is 1.83 bits per heavy atom. The Hall–Kier alpha value is -1.81. The van der Waals surface area contributed by atoms with E-state index in [0.717, 1.165) is 32.7 Å². The van der Waals surface area contributed by atoms with Crippen LogP contribution >= 0.6 is 35.3 Å². The number of carbonyl (C=O) groups excluding carboxylic acids is 1. The van der Waals surface area contributed by atoms with E-state index in [1.165, 1.54) is 10.6 Å². The van der Waals surface area contributed by atoms with Crippen LogP contribution in [0.5, 0.6) is 0 Å². The van der Waals surface area contributed by atoms with Crippen LogP contribution in [0, 0.1) is 0 Å². The molecule has 1 atom stereocenters. The summed E-state index contributed by atoms with van der Waals surface area (Å²) in [5.74, 6) is 1.18. The Kier molecular flexibility index (Phi) is 9.72. The molecule has 2 aromatic rings. The first-order valence-electron chi connectivity index (χ1n) is 9.73. The van der Waals surface area contributed by atoms with Crippen LogP contribution in [0.15, 0.2) is 52.8 Å². The summed E-state index contributed by atoms with van der Waals surface area (Å²) in [5, 5.41) is 8.55. The van der Waals surface area contributed by atoms with Gasteiger partial charge in [0.15, 0.2) is 5.96 Å². The molecule has 2 heterocycles. The lowest BCUT2D eigenvalue weighted by Gasteiger charge is -2.36. The van der Waals surface area contributed by atoms with Crippen LogP contribution in [0.2, 0.25) is 0 Å². The predicted octanol–water partition coefficient (Wildman–Crippen LogP) is 2.98. The van der Waals surface area contributed by atoms with Gasteiger partial charge in [-0.05, 0) is 23.6 Å². The van der Waals surface area contributed by atoms with E-state index in [2.05, 4.69) is 69.2 Å². The summed E-state index contributed by atoms with van der Waals surface area (Å²) in [7, 11) is 1.73. The number of anilines is 1. The lowest BCUT2D eigenvalue weighted by molar-refractivity contribution is -0.130. The first kappa shape index (κ1) is 23.5. The number of halogens is 1. The van der Waals surface area contributed by atoms with Gasteiger partial charge in [0.25, 0.3) is 0 Å². The van der Waals surface area contributed by atoms with E-state index in [4.69, 9.17) is 0 Å². The average molecular weight is 527 g/mol. The highest BCUT2D eigenvalue weighted by atomic mass is 127. The van der Waals surface area contributed by atoms with E-state index in [1.54, 1.807) is 18.4 Å². The fraction of sp³-hybridized carbons (Fsp3) is 0.429. The van der Waals surface area contributed by atoms with Gasteiger partial charge >= 0.3 is 0 Å². The number of amides is 1. The molecule has 0 spiro atoms. The number of hydrogen-bond donors (Lipinski definition) is 2. The minimum atomic E-state index is 0. The van der Waals surface area contributed by atoms with Crippen molar-refractivity contribution in [3.63, 3.8) is 0 Å². The minimum Gasteiger partial charge on any atom is -0.368 e. The third-order valence-corrected chi connectivity index (χ3v) is 6.09. The van der Waals surface area contributed by atoms with Crippen LogP contribution < -0.4 is 15.5 Å². The van der Waals surface area contributed by atoms with E-state index in [0.29, 0.717) is 11.9 Å². The molecule has 1 aliphatic rings. The van der Waals surface area contributed by atoms with Crippen LogP contribution in [0.4, 0.5) is 5.69 Å². The fourth-order valence-electron chi connectivity index (χ4n) is 3.27. The highest BCUT2D eigenvalue weighted by Gasteiger charge is 2.21. The molecule has 1 aromatic heterocycles. The Bertz CT molecular complexity index is 761. The molecule has 1 amide bonds. The van der Waals surface area contributed by atoms with E-state index < -0.39 is 0 Å². The largest absolute Gasteiger partial charge is 0.368 e. The van der Waals surface area contributed by atoms with Gasteiger partial charge < -0.3 is 20.4 Å². The summed E-state index contributed by atoms with van der Waals surface area (Å²) in [6.45, 7) is 6.45. The summed E-state index contributed by atoms with van der Waals surface area (Å²) in [6, 6.07) is 14.6. The Morgan fingerprint density at radius 3 is 2.45 bits per heavy atom. The van der Waals surface area contributed by atoms with Crippen LogP contribution in [0.1, 0.15) is 17.7 Å². The first-order valence-corrected chi connectivity index (χ1v) is 10.6. The van der Waals surface area contributed by atoms with E-state index in [9.17, 15) is 4.79 Å². The van der Waals surface area contributed by atoms with Gasteiger partial charge in [0, 0.05) is 56.3 Å². The zero-order chi connectivity index (χ0) is 19.8. The molecule has 6 nitrogen and oxygen atoms in total. The van der Waals surface area contributed by atoms with Crippen molar-refractivity contribution < 1.29 is 4.79 Å². The molecule has 1 aliphatic heterocycles. The molecular formula is C21H30IN5OS. The van der Waals surface area contributed by atoms with Crippen LogP contribution in [-0.2, 0) is 4.79 Å². The van der Waals surface area contributed by atoms with Crippen LogP contribution in [0.25, 0.3) is 0 Å². The van der Waals surface area contributed by atoms with Gasteiger partial charge in [-0.1, -0.05) is 31.2 Å². The quantitative estimate of drug-likeness (QED) is 0.345. The highest BCUT2D eigenvalue weighted by molar-refractivity contribution is 14.0.